The summed E-state index contributed by atoms with van der Waals surface area (Å²) in [6.07, 6.45) is 0.777. The number of carbonyl (C=O) groups excluding carboxylic acids is 1. The maximum atomic E-state index is 14.1. The average molecular weight is 423 g/mol. The minimum Gasteiger partial charge on any atom is -0.491 e. The Morgan fingerprint density at radius 3 is 2.65 bits per heavy atom. The van der Waals surface area contributed by atoms with Crippen molar-refractivity contribution >= 4 is 17.1 Å². The van der Waals surface area contributed by atoms with Crippen LogP contribution < -0.4 is 4.74 Å². The number of benzene rings is 2. The van der Waals surface area contributed by atoms with Crippen LogP contribution in [0.5, 0.6) is 5.75 Å². The molecule has 0 radical (unpaired) electrons. The Morgan fingerprint density at radius 2 is 1.84 bits per heavy atom. The van der Waals surface area contributed by atoms with E-state index in [1.54, 1.807) is 11.8 Å². The van der Waals surface area contributed by atoms with E-state index in [-0.39, 0.29) is 6.03 Å². The molecule has 3 aromatic rings. The van der Waals surface area contributed by atoms with Gasteiger partial charge in [0.25, 0.3) is 0 Å². The van der Waals surface area contributed by atoms with Gasteiger partial charge in [0.05, 0.1) is 24.1 Å². The van der Waals surface area contributed by atoms with Gasteiger partial charge in [0.1, 0.15) is 23.8 Å². The first-order valence-electron chi connectivity index (χ1n) is 10.8. The van der Waals surface area contributed by atoms with Gasteiger partial charge >= 0.3 is 6.03 Å². The first-order valence-corrected chi connectivity index (χ1v) is 10.8. The summed E-state index contributed by atoms with van der Waals surface area (Å²) in [4.78, 5) is 24.4. The molecule has 2 aromatic carbocycles. The number of aromatic amines is 1. The summed E-state index contributed by atoms with van der Waals surface area (Å²) >= 11 is 0. The molecule has 6 nitrogen and oxygen atoms in total. The van der Waals surface area contributed by atoms with Crippen molar-refractivity contribution in [3.05, 3.63) is 47.8 Å². The minimum absolute atomic E-state index is 0.0355. The second-order valence-electron chi connectivity index (χ2n) is 8.83. The number of rotatable bonds is 1. The highest BCUT2D eigenvalue weighted by atomic mass is 19.1. The number of fused-ring (bicyclic) bond motifs is 2. The van der Waals surface area contributed by atoms with Gasteiger partial charge in [-0.1, -0.05) is 12.1 Å². The van der Waals surface area contributed by atoms with Crippen molar-refractivity contribution in [3.63, 3.8) is 0 Å². The number of likely N-dealkylation sites (tertiary alicyclic amines) is 1. The van der Waals surface area contributed by atoms with Gasteiger partial charge in [-0.15, -0.1) is 0 Å². The van der Waals surface area contributed by atoms with Crippen LogP contribution in [0.3, 0.4) is 0 Å². The van der Waals surface area contributed by atoms with Crippen LogP contribution in [-0.4, -0.2) is 57.7 Å². The number of urea groups is 1. The summed E-state index contributed by atoms with van der Waals surface area (Å²) in [6.45, 7) is 5.93. The van der Waals surface area contributed by atoms with Crippen molar-refractivity contribution in [1.29, 1.82) is 0 Å². The van der Waals surface area contributed by atoms with E-state index < -0.39 is 5.67 Å². The lowest BCUT2D eigenvalue weighted by molar-refractivity contribution is 0.0727. The van der Waals surface area contributed by atoms with Crippen molar-refractivity contribution in [3.8, 4) is 16.9 Å². The lowest BCUT2D eigenvalue weighted by Crippen LogP contribution is -2.49. The number of hydrogen-bond acceptors (Lipinski definition) is 3. The summed E-state index contributed by atoms with van der Waals surface area (Å²) < 4.78 is 20.1. The van der Waals surface area contributed by atoms with Crippen LogP contribution in [0.25, 0.3) is 22.2 Å². The third-order valence-electron chi connectivity index (χ3n) is 6.32. The number of nitrogens with one attached hydrogen (secondary N) is 1. The molecule has 1 saturated heterocycles. The van der Waals surface area contributed by atoms with Crippen LogP contribution in [0.1, 0.15) is 31.2 Å². The molecule has 0 atom stereocenters. The molecule has 0 aliphatic carbocycles. The molecule has 31 heavy (non-hydrogen) atoms. The fraction of sp³-hybridized carbons (Fsp3) is 0.417. The van der Waals surface area contributed by atoms with Gasteiger partial charge < -0.3 is 19.5 Å². The molecule has 0 bridgehead atoms. The van der Waals surface area contributed by atoms with Gasteiger partial charge in [-0.2, -0.15) is 0 Å². The second-order valence-corrected chi connectivity index (χ2v) is 8.83. The highest BCUT2D eigenvalue weighted by Crippen LogP contribution is 2.32. The Bertz CT molecular complexity index is 1130. The van der Waals surface area contributed by atoms with Crippen LogP contribution in [-0.2, 0) is 6.54 Å². The fourth-order valence-corrected chi connectivity index (χ4v) is 4.42. The SMILES string of the molecule is Cc1nc2ccc(-c3ccc4c(c3)CN(C(=O)N3CCC(C)(F)CC3)CCO4)cc2[nH]1. The van der Waals surface area contributed by atoms with Crippen LogP contribution >= 0.6 is 0 Å². The quantitative estimate of drug-likeness (QED) is 0.620. The number of alkyl halides is 1. The number of nitrogens with zero attached hydrogens (tertiary/aromatic N) is 3. The Morgan fingerprint density at radius 1 is 1.10 bits per heavy atom. The monoisotopic (exact) mass is 422 g/mol. The largest absolute Gasteiger partial charge is 0.491 e. The number of halogens is 1. The maximum absolute atomic E-state index is 14.1. The van der Waals surface area contributed by atoms with Gasteiger partial charge in [-0.25, -0.2) is 14.2 Å². The molecule has 2 aliphatic heterocycles. The number of ether oxygens (including phenoxy) is 1. The molecule has 3 heterocycles. The topological polar surface area (TPSA) is 61.5 Å². The number of aromatic nitrogens is 2. The second kappa shape index (κ2) is 7.55. The number of amides is 2. The maximum Gasteiger partial charge on any atom is 0.320 e. The number of hydrogen-bond donors (Lipinski definition) is 1. The molecule has 0 spiro atoms. The standard InChI is InChI=1S/C24H27FN4O2/c1-16-26-20-5-3-18(14-21(20)27-16)17-4-6-22-19(13-17)15-29(11-12-31-22)23(30)28-9-7-24(2,25)8-10-28/h3-6,13-14H,7-12,15H2,1-2H3,(H,26,27). The lowest BCUT2D eigenvalue weighted by Gasteiger charge is -2.36. The van der Waals surface area contributed by atoms with Crippen molar-refractivity contribution in [2.45, 2.75) is 38.9 Å². The fourth-order valence-electron chi connectivity index (χ4n) is 4.42. The summed E-state index contributed by atoms with van der Waals surface area (Å²) in [6, 6.07) is 12.3. The summed E-state index contributed by atoms with van der Waals surface area (Å²) in [5.41, 5.74) is 3.91. The van der Waals surface area contributed by atoms with Gasteiger partial charge in [0.2, 0.25) is 0 Å². The summed E-state index contributed by atoms with van der Waals surface area (Å²) in [5.74, 6) is 1.70. The van der Waals surface area contributed by atoms with Crippen molar-refractivity contribution in [2.24, 2.45) is 0 Å². The molecular formula is C24H27FN4O2. The van der Waals surface area contributed by atoms with Crippen molar-refractivity contribution in [1.82, 2.24) is 19.8 Å². The Labute approximate surface area is 181 Å². The highest BCUT2D eigenvalue weighted by Gasteiger charge is 2.33. The van der Waals surface area contributed by atoms with E-state index in [1.807, 2.05) is 30.0 Å². The first kappa shape index (κ1) is 19.8. The molecular weight excluding hydrogens is 395 g/mol. The minimum atomic E-state index is -1.17. The number of H-pyrrole nitrogens is 1. The smallest absolute Gasteiger partial charge is 0.320 e. The molecule has 5 rings (SSSR count). The molecule has 1 fully saturated rings. The first-order chi connectivity index (χ1) is 14.9. The molecule has 7 heteroatoms. The summed E-state index contributed by atoms with van der Waals surface area (Å²) in [7, 11) is 0. The van der Waals surface area contributed by atoms with Crippen LogP contribution in [0.2, 0.25) is 0 Å². The zero-order valence-electron chi connectivity index (χ0n) is 17.9. The van der Waals surface area contributed by atoms with Gasteiger partial charge in [-0.3, -0.25) is 0 Å². The third kappa shape index (κ3) is 3.96. The number of aryl methyl sites for hydroxylation is 1. The Balaban J connectivity index is 1.39. The van der Waals surface area contributed by atoms with Gasteiger partial charge in [0, 0.05) is 18.7 Å². The third-order valence-corrected chi connectivity index (χ3v) is 6.32. The predicted molar refractivity (Wildman–Crippen MR) is 118 cm³/mol. The van der Waals surface area contributed by atoms with E-state index in [2.05, 4.69) is 28.2 Å². The predicted octanol–water partition coefficient (Wildman–Crippen LogP) is 4.68. The highest BCUT2D eigenvalue weighted by molar-refractivity contribution is 5.82. The zero-order chi connectivity index (χ0) is 21.6. The number of piperidine rings is 1. The molecule has 2 amide bonds. The zero-order valence-corrected chi connectivity index (χ0v) is 17.9. The number of carbonyl (C=O) groups is 1. The Hall–Kier alpha value is -3.09. The van der Waals surface area contributed by atoms with E-state index in [1.165, 1.54) is 0 Å². The molecule has 1 N–H and O–H groups in total. The summed E-state index contributed by atoms with van der Waals surface area (Å²) in [5, 5.41) is 0. The van der Waals surface area contributed by atoms with Crippen LogP contribution in [0.4, 0.5) is 9.18 Å². The molecule has 0 unspecified atom stereocenters. The van der Waals surface area contributed by atoms with E-state index in [0.29, 0.717) is 45.6 Å². The van der Waals surface area contributed by atoms with Crippen molar-refractivity contribution < 1.29 is 13.9 Å². The van der Waals surface area contributed by atoms with Crippen LogP contribution in [0.15, 0.2) is 36.4 Å². The van der Waals surface area contributed by atoms with E-state index in [4.69, 9.17) is 4.74 Å². The van der Waals surface area contributed by atoms with Gasteiger partial charge in [-0.05, 0) is 62.1 Å². The van der Waals surface area contributed by atoms with Gasteiger partial charge in [0.15, 0.2) is 0 Å². The van der Waals surface area contributed by atoms with E-state index in [9.17, 15) is 9.18 Å². The lowest BCUT2D eigenvalue weighted by atomic mass is 9.96. The van der Waals surface area contributed by atoms with Crippen molar-refractivity contribution in [2.75, 3.05) is 26.2 Å². The van der Waals surface area contributed by atoms with Crippen LogP contribution in [0, 0.1) is 6.92 Å². The normalized spacial score (nSPS) is 18.4. The van der Waals surface area contributed by atoms with E-state index in [0.717, 1.165) is 39.3 Å². The molecule has 162 valence electrons. The number of imidazole rings is 1. The Kier molecular flexibility index (Phi) is 4.84. The average Bonchev–Trinajstić information content (AvgIpc) is 2.98. The molecule has 1 aromatic heterocycles. The molecule has 0 saturated carbocycles. The molecule has 2 aliphatic rings. The van der Waals surface area contributed by atoms with E-state index >= 15 is 0 Å².